The van der Waals surface area contributed by atoms with Gasteiger partial charge in [-0.3, -0.25) is 4.79 Å². The molecule has 0 spiro atoms. The number of rotatable bonds is 4. The molecule has 3 heteroatoms. The normalized spacial score (nSPS) is 13.5. The number of carbonyl (C=O) groups excluding carboxylic acids is 1. The molecule has 0 fully saturated rings. The molecule has 2 atom stereocenters. The molecule has 1 amide bonds. The second kappa shape index (κ2) is 6.55. The average molecular weight is 282 g/mol. The number of hydrogen-bond donors (Lipinski definition) is 2. The van der Waals surface area contributed by atoms with E-state index in [0.717, 1.165) is 16.7 Å². The zero-order valence-corrected chi connectivity index (χ0v) is 12.8. The minimum atomic E-state index is -0.640. The molecule has 2 aromatic carbocycles. The molecule has 3 nitrogen and oxygen atoms in total. The predicted octanol–water partition coefficient (Wildman–Crippen LogP) is 3.18. The standard InChI is InChI=1S/C18H22N2O/c1-12-4-8-15(9-5-12)14(3)20-18(21)17(19)16-10-6-13(2)7-11-16/h4-11,14,17H,19H2,1-3H3,(H,20,21)/t14-,17?/m1/s1. The molecule has 0 bridgehead atoms. The van der Waals surface area contributed by atoms with Gasteiger partial charge >= 0.3 is 0 Å². The number of nitrogens with one attached hydrogen (secondary N) is 1. The summed E-state index contributed by atoms with van der Waals surface area (Å²) in [6.45, 7) is 6.01. The first kappa shape index (κ1) is 15.3. The fraction of sp³-hybridized carbons (Fsp3) is 0.278. The number of nitrogens with two attached hydrogens (primary N) is 1. The third-order valence-electron chi connectivity index (χ3n) is 3.66. The lowest BCUT2D eigenvalue weighted by atomic mass is 10.0. The lowest BCUT2D eigenvalue weighted by Gasteiger charge is -2.18. The average Bonchev–Trinajstić information content (AvgIpc) is 2.47. The summed E-state index contributed by atoms with van der Waals surface area (Å²) in [5.41, 5.74) is 10.3. The summed E-state index contributed by atoms with van der Waals surface area (Å²) in [5, 5.41) is 2.96. The molecule has 0 saturated carbocycles. The van der Waals surface area contributed by atoms with Crippen molar-refractivity contribution < 1.29 is 4.79 Å². The highest BCUT2D eigenvalue weighted by Gasteiger charge is 2.18. The van der Waals surface area contributed by atoms with Crippen LogP contribution in [0.15, 0.2) is 48.5 Å². The van der Waals surface area contributed by atoms with Crippen molar-refractivity contribution >= 4 is 5.91 Å². The van der Waals surface area contributed by atoms with Gasteiger partial charge in [0.1, 0.15) is 6.04 Å². The van der Waals surface area contributed by atoms with E-state index in [2.05, 4.69) is 5.32 Å². The first-order valence-electron chi connectivity index (χ1n) is 7.16. The van der Waals surface area contributed by atoms with Crippen LogP contribution >= 0.6 is 0 Å². The topological polar surface area (TPSA) is 55.1 Å². The van der Waals surface area contributed by atoms with Gasteiger partial charge in [0.05, 0.1) is 6.04 Å². The monoisotopic (exact) mass is 282 g/mol. The van der Waals surface area contributed by atoms with Crippen LogP contribution in [0.4, 0.5) is 0 Å². The van der Waals surface area contributed by atoms with Crippen molar-refractivity contribution in [2.24, 2.45) is 5.73 Å². The van der Waals surface area contributed by atoms with Crippen molar-refractivity contribution in [1.29, 1.82) is 0 Å². The lowest BCUT2D eigenvalue weighted by molar-refractivity contribution is -0.123. The molecule has 21 heavy (non-hydrogen) atoms. The van der Waals surface area contributed by atoms with Gasteiger partial charge in [-0.05, 0) is 31.9 Å². The van der Waals surface area contributed by atoms with Crippen LogP contribution in [-0.2, 0) is 4.79 Å². The van der Waals surface area contributed by atoms with Gasteiger partial charge < -0.3 is 11.1 Å². The Morgan fingerprint density at radius 2 is 1.33 bits per heavy atom. The summed E-state index contributed by atoms with van der Waals surface area (Å²) in [7, 11) is 0. The molecule has 0 radical (unpaired) electrons. The van der Waals surface area contributed by atoms with Crippen molar-refractivity contribution in [3.63, 3.8) is 0 Å². The van der Waals surface area contributed by atoms with E-state index in [0.29, 0.717) is 0 Å². The second-order valence-electron chi connectivity index (χ2n) is 5.53. The molecule has 0 aromatic heterocycles. The largest absolute Gasteiger partial charge is 0.348 e. The maximum Gasteiger partial charge on any atom is 0.241 e. The SMILES string of the molecule is Cc1ccc(C(N)C(=O)N[C@H](C)c2ccc(C)cc2)cc1. The van der Waals surface area contributed by atoms with Crippen molar-refractivity contribution in [2.75, 3.05) is 0 Å². The van der Waals surface area contributed by atoms with Gasteiger partial charge in [0.2, 0.25) is 5.91 Å². The van der Waals surface area contributed by atoms with E-state index in [1.54, 1.807) is 0 Å². The van der Waals surface area contributed by atoms with Crippen LogP contribution in [0.25, 0.3) is 0 Å². The Morgan fingerprint density at radius 3 is 1.81 bits per heavy atom. The Morgan fingerprint density at radius 1 is 0.905 bits per heavy atom. The van der Waals surface area contributed by atoms with Crippen LogP contribution in [0, 0.1) is 13.8 Å². The summed E-state index contributed by atoms with van der Waals surface area (Å²) in [6, 6.07) is 15.2. The highest BCUT2D eigenvalue weighted by Crippen LogP contribution is 2.16. The van der Waals surface area contributed by atoms with Crippen molar-refractivity contribution in [2.45, 2.75) is 32.9 Å². The maximum absolute atomic E-state index is 12.2. The van der Waals surface area contributed by atoms with Gasteiger partial charge in [0.15, 0.2) is 0 Å². The van der Waals surface area contributed by atoms with E-state index in [4.69, 9.17) is 5.73 Å². The molecular formula is C18H22N2O. The summed E-state index contributed by atoms with van der Waals surface area (Å²) < 4.78 is 0. The van der Waals surface area contributed by atoms with E-state index in [1.807, 2.05) is 69.3 Å². The zero-order valence-electron chi connectivity index (χ0n) is 12.8. The van der Waals surface area contributed by atoms with Crippen LogP contribution in [0.3, 0.4) is 0 Å². The summed E-state index contributed by atoms with van der Waals surface area (Å²) in [4.78, 5) is 12.2. The highest BCUT2D eigenvalue weighted by atomic mass is 16.2. The molecule has 2 rings (SSSR count). The van der Waals surface area contributed by atoms with E-state index >= 15 is 0 Å². The Bertz CT molecular complexity index is 602. The Kier molecular flexibility index (Phi) is 4.76. The molecular weight excluding hydrogens is 260 g/mol. The number of aryl methyl sites for hydroxylation is 2. The van der Waals surface area contributed by atoms with Gasteiger partial charge in [-0.1, -0.05) is 59.7 Å². The molecule has 2 aromatic rings. The predicted molar refractivity (Wildman–Crippen MR) is 85.8 cm³/mol. The summed E-state index contributed by atoms with van der Waals surface area (Å²) in [6.07, 6.45) is 0. The second-order valence-corrected chi connectivity index (χ2v) is 5.53. The number of benzene rings is 2. The Labute approximate surface area is 126 Å². The van der Waals surface area contributed by atoms with Gasteiger partial charge in [0.25, 0.3) is 0 Å². The van der Waals surface area contributed by atoms with Crippen LogP contribution < -0.4 is 11.1 Å². The third kappa shape index (κ3) is 3.92. The first-order valence-corrected chi connectivity index (χ1v) is 7.16. The van der Waals surface area contributed by atoms with Crippen LogP contribution in [0.1, 0.15) is 41.3 Å². The van der Waals surface area contributed by atoms with Gasteiger partial charge in [0, 0.05) is 0 Å². The molecule has 110 valence electrons. The smallest absolute Gasteiger partial charge is 0.241 e. The fourth-order valence-corrected chi connectivity index (χ4v) is 2.17. The van der Waals surface area contributed by atoms with Crippen molar-refractivity contribution in [3.8, 4) is 0 Å². The van der Waals surface area contributed by atoms with Crippen LogP contribution in [-0.4, -0.2) is 5.91 Å². The summed E-state index contributed by atoms with van der Waals surface area (Å²) >= 11 is 0. The quantitative estimate of drug-likeness (QED) is 0.905. The zero-order chi connectivity index (χ0) is 15.4. The molecule has 0 aliphatic carbocycles. The fourth-order valence-electron chi connectivity index (χ4n) is 2.17. The Hall–Kier alpha value is -2.13. The van der Waals surface area contributed by atoms with E-state index < -0.39 is 6.04 Å². The first-order chi connectivity index (χ1) is 9.97. The molecule has 0 aliphatic heterocycles. The molecule has 0 heterocycles. The molecule has 3 N–H and O–H groups in total. The minimum absolute atomic E-state index is 0.0606. The highest BCUT2D eigenvalue weighted by molar-refractivity contribution is 5.83. The summed E-state index contributed by atoms with van der Waals surface area (Å²) in [5.74, 6) is -0.160. The van der Waals surface area contributed by atoms with E-state index in [-0.39, 0.29) is 11.9 Å². The molecule has 0 saturated heterocycles. The molecule has 1 unspecified atom stereocenters. The molecule has 0 aliphatic rings. The van der Waals surface area contributed by atoms with Crippen molar-refractivity contribution in [3.05, 3.63) is 70.8 Å². The lowest BCUT2D eigenvalue weighted by Crippen LogP contribution is -2.35. The third-order valence-corrected chi connectivity index (χ3v) is 3.66. The van der Waals surface area contributed by atoms with Gasteiger partial charge in [-0.15, -0.1) is 0 Å². The van der Waals surface area contributed by atoms with E-state index in [9.17, 15) is 4.79 Å². The van der Waals surface area contributed by atoms with Crippen LogP contribution in [0.2, 0.25) is 0 Å². The maximum atomic E-state index is 12.2. The van der Waals surface area contributed by atoms with Gasteiger partial charge in [-0.25, -0.2) is 0 Å². The Balaban J connectivity index is 2.03. The van der Waals surface area contributed by atoms with Crippen LogP contribution in [0.5, 0.6) is 0 Å². The van der Waals surface area contributed by atoms with Gasteiger partial charge in [-0.2, -0.15) is 0 Å². The van der Waals surface area contributed by atoms with E-state index in [1.165, 1.54) is 5.56 Å². The minimum Gasteiger partial charge on any atom is -0.348 e. The number of amides is 1. The number of carbonyl (C=O) groups is 1. The number of hydrogen-bond acceptors (Lipinski definition) is 2. The van der Waals surface area contributed by atoms with Crippen molar-refractivity contribution in [1.82, 2.24) is 5.32 Å².